The van der Waals surface area contributed by atoms with Gasteiger partial charge in [-0.3, -0.25) is 18.3 Å². The van der Waals surface area contributed by atoms with E-state index in [9.17, 15) is 0 Å². The molecule has 0 N–H and O–H groups in total. The Balaban J connectivity index is 9.78. The molecule has 0 amide bonds. The summed E-state index contributed by atoms with van der Waals surface area (Å²) in [5.41, 5.74) is 0. The van der Waals surface area contributed by atoms with Crippen LogP contribution in [-0.4, -0.2) is 77.3 Å². The summed E-state index contributed by atoms with van der Waals surface area (Å²) in [5, 5.41) is 0. The van der Waals surface area contributed by atoms with Gasteiger partial charge in [0.2, 0.25) is 0 Å². The van der Waals surface area contributed by atoms with Crippen LogP contribution in [0.25, 0.3) is 0 Å². The topological polar surface area (TPSA) is 142 Å². The lowest BCUT2D eigenvalue weighted by Crippen LogP contribution is -2.49. The van der Waals surface area contributed by atoms with Gasteiger partial charge < -0.3 is 33.7 Å². The van der Waals surface area contributed by atoms with E-state index in [4.69, 9.17) is 33.7 Å². The van der Waals surface area contributed by atoms with Crippen molar-refractivity contribution in [2.24, 2.45) is 0 Å². The monoisotopic (exact) mass is 926 g/mol. The minimum Gasteiger partial charge on any atom is -0.352 e. The van der Waals surface area contributed by atoms with Gasteiger partial charge in [-0.05, 0) is 157 Å². The first-order valence-corrected chi connectivity index (χ1v) is 50.8. The van der Waals surface area contributed by atoms with E-state index in [2.05, 4.69) is 0 Å². The van der Waals surface area contributed by atoms with Crippen LogP contribution in [0.5, 0.6) is 0 Å². The summed E-state index contributed by atoms with van der Waals surface area (Å²) >= 11 is 0. The Morgan fingerprint density at radius 2 is 0.440 bits per heavy atom. The Labute approximate surface area is 315 Å². The van der Waals surface area contributed by atoms with Gasteiger partial charge in [0.25, 0.3) is 4.64 Å². The van der Waals surface area contributed by atoms with Gasteiger partial charge in [-0.1, -0.05) is 0 Å². The summed E-state index contributed by atoms with van der Waals surface area (Å²) in [4.78, 5) is 0. The van der Waals surface area contributed by atoms with Crippen molar-refractivity contribution in [3.63, 3.8) is 0 Å². The highest BCUT2D eigenvalue weighted by Gasteiger charge is 2.81. The molecule has 0 atom stereocenters. The Morgan fingerprint density at radius 3 is 0.560 bits per heavy atom. The molecule has 0 saturated carbocycles. The first kappa shape index (κ1) is 52.3. The lowest BCUT2D eigenvalue weighted by molar-refractivity contribution is 0.310. The molecule has 24 heteroatoms. The van der Waals surface area contributed by atoms with Crippen molar-refractivity contribution in [2.75, 3.05) is 6.16 Å². The molecule has 0 aliphatic rings. The molecule has 0 aromatic heterocycles. The zero-order chi connectivity index (χ0) is 40.9. The van der Waals surface area contributed by atoms with E-state index in [1.165, 1.54) is 0 Å². The van der Waals surface area contributed by atoms with Crippen molar-refractivity contribution in [3.8, 4) is 0 Å². The van der Waals surface area contributed by atoms with Crippen molar-refractivity contribution in [2.45, 2.75) is 162 Å². The SMILES string of the molecule is C[Si](C)(C)OP(=O)(CC(P(=O)(O[Si](C)(C)C)O[Si](C)(C)C)(P(=O)(O[Si](C)(C)C)O[Si](C)(C)C)P(=O)(O[Si](C)(C)C)O[Si](C)(C)C)O[Si](C)(C)C. The van der Waals surface area contributed by atoms with E-state index in [1.54, 1.807) is 0 Å². The number of hydrogen-bond acceptors (Lipinski definition) is 12. The van der Waals surface area contributed by atoms with Gasteiger partial charge in [-0.15, -0.1) is 0 Å². The zero-order valence-electron chi connectivity index (χ0n) is 35.9. The van der Waals surface area contributed by atoms with Crippen LogP contribution in [0.1, 0.15) is 0 Å². The third-order valence-corrected chi connectivity index (χ3v) is 39.6. The van der Waals surface area contributed by atoms with Gasteiger partial charge >= 0.3 is 30.4 Å². The predicted octanol–water partition coefficient (Wildman–Crippen LogP) is 13.2. The minimum atomic E-state index is -5.13. The van der Waals surface area contributed by atoms with Crippen molar-refractivity contribution >= 4 is 96.9 Å². The van der Waals surface area contributed by atoms with Crippen LogP contribution in [0.2, 0.25) is 157 Å². The summed E-state index contributed by atoms with van der Waals surface area (Å²) in [7, 11) is -43.5. The number of rotatable bonds is 21. The molecule has 0 saturated heterocycles. The molecule has 0 aliphatic carbocycles. The van der Waals surface area contributed by atoms with Gasteiger partial charge in [-0.2, -0.15) is 0 Å². The lowest BCUT2D eigenvalue weighted by atomic mass is 10.9. The Kier molecular flexibility index (Phi) is 17.1. The fourth-order valence-electron chi connectivity index (χ4n) is 4.55. The fourth-order valence-corrected chi connectivity index (χ4v) is 46.7. The van der Waals surface area contributed by atoms with Crippen LogP contribution >= 0.6 is 30.4 Å². The summed E-state index contributed by atoms with van der Waals surface area (Å²) in [6.07, 6.45) is -0.945. The van der Waals surface area contributed by atoms with E-state index >= 15 is 18.3 Å². The Morgan fingerprint density at radius 1 is 0.300 bits per heavy atom. The average Bonchev–Trinajstić information content (AvgIpc) is 2.58. The Hall–Kier alpha value is 2.34. The van der Waals surface area contributed by atoms with Crippen molar-refractivity contribution in [1.82, 2.24) is 0 Å². The maximum Gasteiger partial charge on any atom is 0.342 e. The first-order chi connectivity index (χ1) is 21.1. The van der Waals surface area contributed by atoms with Crippen LogP contribution in [-0.2, 0) is 52.0 Å². The summed E-state index contributed by atoms with van der Waals surface area (Å²) in [5.74, 6) is 0. The average molecular weight is 927 g/mol. The lowest BCUT2D eigenvalue weighted by Gasteiger charge is -2.52. The van der Waals surface area contributed by atoms with E-state index in [0.29, 0.717) is 0 Å². The van der Waals surface area contributed by atoms with Crippen LogP contribution in [0.15, 0.2) is 0 Å². The van der Waals surface area contributed by atoms with Gasteiger partial charge in [0.05, 0.1) is 6.16 Å². The largest absolute Gasteiger partial charge is 0.352 e. The second kappa shape index (κ2) is 16.3. The highest BCUT2D eigenvalue weighted by atomic mass is 31.3. The summed E-state index contributed by atoms with van der Waals surface area (Å²) in [6.45, 7) is 43.6. The summed E-state index contributed by atoms with van der Waals surface area (Å²) < 4.78 is 116. The molecule has 0 bridgehead atoms. The molecular formula is C26H74O12P4Si8. The van der Waals surface area contributed by atoms with Crippen molar-refractivity contribution < 1.29 is 52.0 Å². The van der Waals surface area contributed by atoms with Crippen LogP contribution in [0.4, 0.5) is 0 Å². The van der Waals surface area contributed by atoms with E-state index in [1.807, 2.05) is 157 Å². The molecular weight excluding hydrogens is 853 g/mol. The third-order valence-electron chi connectivity index (χ3n) is 4.91. The maximum absolute atomic E-state index is 16.7. The van der Waals surface area contributed by atoms with E-state index in [-0.39, 0.29) is 0 Å². The van der Waals surface area contributed by atoms with Gasteiger partial charge in [-0.25, -0.2) is 0 Å². The van der Waals surface area contributed by atoms with Crippen molar-refractivity contribution in [3.05, 3.63) is 0 Å². The molecule has 0 spiro atoms. The molecule has 0 rings (SSSR count). The normalized spacial score (nSPS) is 16.2. The van der Waals surface area contributed by atoms with Gasteiger partial charge in [0.15, 0.2) is 66.5 Å². The molecule has 0 heterocycles. The molecule has 0 radical (unpaired) electrons. The predicted molar refractivity (Wildman–Crippen MR) is 233 cm³/mol. The smallest absolute Gasteiger partial charge is 0.342 e. The molecule has 12 nitrogen and oxygen atoms in total. The molecule has 302 valence electrons. The summed E-state index contributed by atoms with van der Waals surface area (Å²) in [6, 6.07) is 0. The fraction of sp³-hybridized carbons (Fsp3) is 1.00. The quantitative estimate of drug-likeness (QED) is 0.0798. The standard InChI is InChI=1S/C26H74O12P4Si8/c1-43(2,3)31-39(27,32-44(4,5)6)25-26(40(28,33-45(7,8)9)34-46(10,11)12,41(29,35-47(13,14)15)36-48(16,17)18)42(30,37-49(19,20)21)38-50(22,23)24/h25H2,1-24H3. The highest BCUT2D eigenvalue weighted by molar-refractivity contribution is 7.93. The van der Waals surface area contributed by atoms with Crippen LogP contribution < -0.4 is 0 Å². The Bertz CT molecular complexity index is 1160. The van der Waals surface area contributed by atoms with Crippen LogP contribution in [0, 0.1) is 0 Å². The molecule has 0 aromatic rings. The number of hydrogen-bond donors (Lipinski definition) is 0. The maximum atomic E-state index is 16.7. The molecule has 0 aromatic carbocycles. The molecule has 0 aliphatic heterocycles. The van der Waals surface area contributed by atoms with Crippen molar-refractivity contribution in [1.29, 1.82) is 0 Å². The molecule has 0 unspecified atom stereocenters. The minimum absolute atomic E-state index is 0.945. The third kappa shape index (κ3) is 17.6. The van der Waals surface area contributed by atoms with Gasteiger partial charge in [0, 0.05) is 0 Å². The second-order valence-corrected chi connectivity index (χ2v) is 68.2. The zero-order valence-corrected chi connectivity index (χ0v) is 47.5. The molecule has 50 heavy (non-hydrogen) atoms. The molecule has 0 fully saturated rings. The first-order valence-electron chi connectivity index (χ1n) is 17.2. The van der Waals surface area contributed by atoms with Gasteiger partial charge in [0.1, 0.15) is 0 Å². The second-order valence-electron chi connectivity index (χ2n) is 20.7. The van der Waals surface area contributed by atoms with E-state index in [0.717, 1.165) is 0 Å². The van der Waals surface area contributed by atoms with E-state index < -0.39 is 108 Å². The van der Waals surface area contributed by atoms with Crippen LogP contribution in [0.3, 0.4) is 0 Å². The highest BCUT2D eigenvalue weighted by Crippen LogP contribution is 2.95.